The van der Waals surface area contributed by atoms with Crippen LogP contribution in [-0.2, 0) is 16.0 Å². The van der Waals surface area contributed by atoms with Gasteiger partial charge in [0.1, 0.15) is 11.4 Å². The third-order valence-electron chi connectivity index (χ3n) is 7.46. The molecule has 186 valence electrons. The lowest BCUT2D eigenvalue weighted by molar-refractivity contribution is -0.202. The molecule has 0 radical (unpaired) electrons. The van der Waals surface area contributed by atoms with Gasteiger partial charge in [0, 0.05) is 38.2 Å². The normalized spacial score (nSPS) is 24.2. The number of aromatic amines is 2. The van der Waals surface area contributed by atoms with E-state index in [-0.39, 0.29) is 12.5 Å². The van der Waals surface area contributed by atoms with Gasteiger partial charge in [0.05, 0.1) is 29.3 Å². The number of likely N-dealkylation sites (tertiary alicyclic amines) is 1. The second kappa shape index (κ2) is 8.76. The molecule has 0 aliphatic carbocycles. The summed E-state index contributed by atoms with van der Waals surface area (Å²) in [6, 6.07) is 6.79. The van der Waals surface area contributed by atoms with Gasteiger partial charge in [-0.2, -0.15) is 0 Å². The lowest BCUT2D eigenvalue weighted by Crippen LogP contribution is -2.58. The van der Waals surface area contributed by atoms with Crippen LogP contribution >= 0.6 is 0 Å². The van der Waals surface area contributed by atoms with E-state index in [0.717, 1.165) is 22.4 Å². The molecule has 2 fully saturated rings. The summed E-state index contributed by atoms with van der Waals surface area (Å²) in [5.41, 5.74) is 0.198. The van der Waals surface area contributed by atoms with Crippen LogP contribution < -0.4 is 11.2 Å². The molecule has 2 aliphatic rings. The summed E-state index contributed by atoms with van der Waals surface area (Å²) >= 11 is 0. The predicted molar refractivity (Wildman–Crippen MR) is 129 cm³/mol. The number of aryl methyl sites for hydroxylation is 2. The van der Waals surface area contributed by atoms with Crippen molar-refractivity contribution in [2.24, 2.45) is 0 Å². The highest BCUT2D eigenvalue weighted by Gasteiger charge is 2.49. The van der Waals surface area contributed by atoms with Crippen LogP contribution in [0, 0.1) is 6.92 Å². The Balaban J connectivity index is 1.21. The molecule has 3 N–H and O–H groups in total. The largest absolute Gasteiger partial charge is 0.386 e. The number of fused-ring (bicyclic) bond motifs is 1. The minimum Gasteiger partial charge on any atom is -0.386 e. The number of H-pyrrole nitrogens is 2. The Labute approximate surface area is 201 Å². The van der Waals surface area contributed by atoms with Crippen LogP contribution in [0.25, 0.3) is 11.0 Å². The molecule has 2 saturated heterocycles. The Morgan fingerprint density at radius 3 is 2.74 bits per heavy atom. The van der Waals surface area contributed by atoms with Crippen molar-refractivity contribution in [2.45, 2.75) is 63.2 Å². The topological polar surface area (TPSA) is 133 Å². The fourth-order valence-electron chi connectivity index (χ4n) is 5.36. The van der Waals surface area contributed by atoms with Gasteiger partial charge in [-0.1, -0.05) is 6.07 Å². The highest BCUT2D eigenvalue weighted by molar-refractivity contribution is 5.78. The number of imidazole rings is 1. The maximum absolute atomic E-state index is 12.9. The number of aliphatic hydroxyl groups is 1. The zero-order valence-electron chi connectivity index (χ0n) is 20.0. The fourth-order valence-corrected chi connectivity index (χ4v) is 5.36. The van der Waals surface area contributed by atoms with Gasteiger partial charge in [0.25, 0.3) is 5.56 Å². The standard InChI is InChI=1S/C25H31N5O5/c1-16-26-18-5-3-17(13-19(18)27-16)4-6-22(32)29-11-8-25(9-12-29)14-20(24(2,34)15-35-25)30-10-7-21(31)28-23(30)33/h3,5,7,10,13,20,34H,4,6,8-9,11-12,14-15H2,1-2H3,(H,26,27)(H,28,31,33)/t20-,24-/m0/s1. The molecule has 35 heavy (non-hydrogen) atoms. The maximum Gasteiger partial charge on any atom is 0.328 e. The zero-order valence-corrected chi connectivity index (χ0v) is 20.0. The Kier molecular flexibility index (Phi) is 5.88. The molecular formula is C25H31N5O5. The van der Waals surface area contributed by atoms with E-state index < -0.39 is 28.5 Å². The molecule has 0 unspecified atom stereocenters. The van der Waals surface area contributed by atoms with Gasteiger partial charge in [0.15, 0.2) is 0 Å². The first kappa shape index (κ1) is 23.5. The first-order valence-electron chi connectivity index (χ1n) is 12.1. The van der Waals surface area contributed by atoms with Crippen molar-refractivity contribution in [3.05, 3.63) is 62.7 Å². The van der Waals surface area contributed by atoms with Crippen LogP contribution in [0.15, 0.2) is 40.1 Å². The molecule has 1 aromatic carbocycles. The molecular weight excluding hydrogens is 450 g/mol. The minimum atomic E-state index is -1.26. The summed E-state index contributed by atoms with van der Waals surface area (Å²) in [5.74, 6) is 0.978. The number of benzene rings is 1. The van der Waals surface area contributed by atoms with E-state index in [1.54, 1.807) is 6.92 Å². The third-order valence-corrected chi connectivity index (χ3v) is 7.46. The summed E-state index contributed by atoms with van der Waals surface area (Å²) in [4.78, 5) is 48.6. The van der Waals surface area contributed by atoms with Crippen LogP contribution in [0.3, 0.4) is 0 Å². The highest BCUT2D eigenvalue weighted by atomic mass is 16.5. The van der Waals surface area contributed by atoms with Gasteiger partial charge in [0.2, 0.25) is 5.91 Å². The SMILES string of the molecule is Cc1nc2ccc(CCC(=O)N3CCC4(CC3)C[C@H](n3ccc(=O)[nH]c3=O)[C@@](C)(O)CO4)cc2[nH]1. The van der Waals surface area contributed by atoms with E-state index >= 15 is 0 Å². The van der Waals surface area contributed by atoms with Crippen LogP contribution in [0.2, 0.25) is 0 Å². The van der Waals surface area contributed by atoms with Crippen LogP contribution in [0.1, 0.15) is 50.0 Å². The molecule has 1 amide bonds. The highest BCUT2D eigenvalue weighted by Crippen LogP contribution is 2.43. The van der Waals surface area contributed by atoms with Crippen molar-refractivity contribution in [3.63, 3.8) is 0 Å². The number of nitrogens with zero attached hydrogens (tertiary/aromatic N) is 3. The molecule has 0 saturated carbocycles. The zero-order chi connectivity index (χ0) is 24.8. The number of hydrogen-bond donors (Lipinski definition) is 3. The van der Waals surface area contributed by atoms with Gasteiger partial charge in [-0.3, -0.25) is 19.1 Å². The van der Waals surface area contributed by atoms with E-state index in [4.69, 9.17) is 4.74 Å². The van der Waals surface area contributed by atoms with E-state index in [0.29, 0.717) is 45.2 Å². The van der Waals surface area contributed by atoms with Crippen molar-refractivity contribution in [3.8, 4) is 0 Å². The summed E-state index contributed by atoms with van der Waals surface area (Å²) in [6.45, 7) is 4.76. The molecule has 1 spiro atoms. The maximum atomic E-state index is 12.9. The van der Waals surface area contributed by atoms with E-state index in [2.05, 4.69) is 21.0 Å². The fraction of sp³-hybridized carbons (Fsp3) is 0.520. The molecule has 10 nitrogen and oxygen atoms in total. The van der Waals surface area contributed by atoms with Gasteiger partial charge >= 0.3 is 5.69 Å². The van der Waals surface area contributed by atoms with E-state index in [1.165, 1.54) is 16.8 Å². The second-order valence-corrected chi connectivity index (χ2v) is 10.1. The Hall–Kier alpha value is -3.24. The predicted octanol–water partition coefficient (Wildman–Crippen LogP) is 1.43. The monoisotopic (exact) mass is 481 g/mol. The Morgan fingerprint density at radius 2 is 2.00 bits per heavy atom. The van der Waals surface area contributed by atoms with Gasteiger partial charge < -0.3 is 19.7 Å². The smallest absolute Gasteiger partial charge is 0.328 e. The first-order chi connectivity index (χ1) is 16.6. The van der Waals surface area contributed by atoms with Gasteiger partial charge in [-0.15, -0.1) is 0 Å². The third kappa shape index (κ3) is 4.68. The van der Waals surface area contributed by atoms with Crippen LogP contribution in [0.4, 0.5) is 0 Å². The molecule has 3 aromatic rings. The van der Waals surface area contributed by atoms with Crippen molar-refractivity contribution in [1.82, 2.24) is 24.4 Å². The van der Waals surface area contributed by atoms with Crippen LogP contribution in [0.5, 0.6) is 0 Å². The number of amides is 1. The number of rotatable bonds is 4. The summed E-state index contributed by atoms with van der Waals surface area (Å²) in [6.07, 6.45) is 4.20. The number of aromatic nitrogens is 4. The lowest BCUT2D eigenvalue weighted by atomic mass is 9.77. The number of carbonyl (C=O) groups is 1. The quantitative estimate of drug-likeness (QED) is 0.516. The van der Waals surface area contributed by atoms with E-state index in [9.17, 15) is 19.5 Å². The Morgan fingerprint density at radius 1 is 1.23 bits per heavy atom. The number of hydrogen-bond acceptors (Lipinski definition) is 6. The second-order valence-electron chi connectivity index (χ2n) is 10.1. The molecule has 4 heterocycles. The average molecular weight is 482 g/mol. The number of carbonyl (C=O) groups excluding carboxylic acids is 1. The molecule has 0 bridgehead atoms. The first-order valence-corrected chi connectivity index (χ1v) is 12.1. The summed E-state index contributed by atoms with van der Waals surface area (Å²) in [7, 11) is 0. The minimum absolute atomic E-state index is 0.0761. The van der Waals surface area contributed by atoms with Crippen molar-refractivity contribution in [1.29, 1.82) is 0 Å². The summed E-state index contributed by atoms with van der Waals surface area (Å²) in [5, 5.41) is 10.9. The van der Waals surface area contributed by atoms with Gasteiger partial charge in [-0.05, 0) is 50.8 Å². The van der Waals surface area contributed by atoms with Crippen molar-refractivity contribution < 1.29 is 14.6 Å². The number of nitrogens with one attached hydrogen (secondary N) is 2. The summed E-state index contributed by atoms with van der Waals surface area (Å²) < 4.78 is 7.54. The average Bonchev–Trinajstić information content (AvgIpc) is 3.19. The molecule has 2 aliphatic heterocycles. The molecule has 2 aromatic heterocycles. The molecule has 10 heteroatoms. The number of piperidine rings is 1. The lowest BCUT2D eigenvalue weighted by Gasteiger charge is -2.51. The molecule has 5 rings (SSSR count). The van der Waals surface area contributed by atoms with Crippen LogP contribution in [-0.4, -0.2) is 66.3 Å². The van der Waals surface area contributed by atoms with Crippen molar-refractivity contribution >= 4 is 16.9 Å². The van der Waals surface area contributed by atoms with Crippen molar-refractivity contribution in [2.75, 3.05) is 19.7 Å². The number of ether oxygens (including phenoxy) is 1. The van der Waals surface area contributed by atoms with Gasteiger partial charge in [-0.25, -0.2) is 9.78 Å². The van der Waals surface area contributed by atoms with E-state index in [1.807, 2.05) is 24.0 Å². The Bertz CT molecular complexity index is 1360. The molecule has 2 atom stereocenters.